The average Bonchev–Trinajstić information content (AvgIpc) is 3.23. The summed E-state index contributed by atoms with van der Waals surface area (Å²) >= 11 is 0. The molecule has 0 saturated heterocycles. The summed E-state index contributed by atoms with van der Waals surface area (Å²) in [5, 5.41) is 5.28. The van der Waals surface area contributed by atoms with Gasteiger partial charge in [0.2, 0.25) is 0 Å². The molecule has 0 bridgehead atoms. The minimum atomic E-state index is -0.0149. The third-order valence-electron chi connectivity index (χ3n) is 4.86. The summed E-state index contributed by atoms with van der Waals surface area (Å²) in [4.78, 5) is 23.8. The smallest absolute Gasteiger partial charge is 0.254 e. The van der Waals surface area contributed by atoms with E-state index >= 15 is 0 Å². The zero-order valence-electron chi connectivity index (χ0n) is 16.1. The first-order valence-electron chi connectivity index (χ1n) is 9.20. The van der Waals surface area contributed by atoms with Crippen molar-refractivity contribution in [3.05, 3.63) is 72.2 Å². The van der Waals surface area contributed by atoms with Crippen molar-refractivity contribution in [2.75, 3.05) is 13.6 Å². The van der Waals surface area contributed by atoms with Gasteiger partial charge in [-0.2, -0.15) is 5.10 Å². The van der Waals surface area contributed by atoms with E-state index in [1.165, 1.54) is 0 Å². The van der Waals surface area contributed by atoms with Gasteiger partial charge in [-0.25, -0.2) is 14.6 Å². The van der Waals surface area contributed by atoms with Crippen molar-refractivity contribution in [1.82, 2.24) is 24.6 Å². The fraction of sp³-hybridized carbons (Fsp3) is 0.182. The van der Waals surface area contributed by atoms with E-state index < -0.39 is 0 Å². The number of hydrogen-bond donors (Lipinski definition) is 0. The molecule has 1 amide bonds. The van der Waals surface area contributed by atoms with Crippen LogP contribution in [0.4, 0.5) is 0 Å². The number of nitrogens with zero attached hydrogens (tertiary/aromatic N) is 5. The number of benzene rings is 1. The quantitative estimate of drug-likeness (QED) is 0.546. The van der Waals surface area contributed by atoms with Gasteiger partial charge in [0.25, 0.3) is 5.91 Å². The van der Waals surface area contributed by atoms with Gasteiger partial charge in [-0.15, -0.1) is 0 Å². The third kappa shape index (κ3) is 3.13. The minimum absolute atomic E-state index is 0.0149. The van der Waals surface area contributed by atoms with Gasteiger partial charge in [-0.1, -0.05) is 24.3 Å². The van der Waals surface area contributed by atoms with Crippen molar-refractivity contribution >= 4 is 16.8 Å². The standard InChI is InChI=1S/C22H21N5O/c1-4-26(3)22(28)18-12-19(25-21-15(2)8-7-9-17(18)21)16-13-24-27(14-16)20-10-5-6-11-23-20/h5-14H,4H2,1-3H3. The van der Waals surface area contributed by atoms with Crippen LogP contribution in [0.3, 0.4) is 0 Å². The summed E-state index contributed by atoms with van der Waals surface area (Å²) in [7, 11) is 1.81. The second-order valence-corrected chi connectivity index (χ2v) is 6.71. The summed E-state index contributed by atoms with van der Waals surface area (Å²) in [6.45, 7) is 4.61. The van der Waals surface area contributed by atoms with Crippen molar-refractivity contribution in [3.8, 4) is 17.1 Å². The van der Waals surface area contributed by atoms with Gasteiger partial charge >= 0.3 is 0 Å². The summed E-state index contributed by atoms with van der Waals surface area (Å²) < 4.78 is 1.71. The van der Waals surface area contributed by atoms with Crippen LogP contribution in [0, 0.1) is 6.92 Å². The average molecular weight is 371 g/mol. The van der Waals surface area contributed by atoms with Gasteiger partial charge < -0.3 is 4.90 Å². The normalized spacial score (nSPS) is 11.0. The van der Waals surface area contributed by atoms with Crippen LogP contribution < -0.4 is 0 Å². The summed E-state index contributed by atoms with van der Waals surface area (Å²) in [6.07, 6.45) is 5.36. The molecule has 0 fully saturated rings. The lowest BCUT2D eigenvalue weighted by atomic mass is 10.0. The van der Waals surface area contributed by atoms with Gasteiger partial charge in [-0.3, -0.25) is 4.79 Å². The van der Waals surface area contributed by atoms with E-state index in [2.05, 4.69) is 10.1 Å². The predicted molar refractivity (Wildman–Crippen MR) is 109 cm³/mol. The van der Waals surface area contributed by atoms with E-state index in [0.29, 0.717) is 12.1 Å². The maximum absolute atomic E-state index is 13.0. The Morgan fingerprint density at radius 3 is 2.79 bits per heavy atom. The number of rotatable bonds is 4. The molecule has 4 rings (SSSR count). The minimum Gasteiger partial charge on any atom is -0.342 e. The number of carbonyl (C=O) groups excluding carboxylic acids is 1. The molecule has 0 spiro atoms. The molecular weight excluding hydrogens is 350 g/mol. The van der Waals surface area contributed by atoms with Crippen LogP contribution >= 0.6 is 0 Å². The van der Waals surface area contributed by atoms with E-state index in [4.69, 9.17) is 4.98 Å². The van der Waals surface area contributed by atoms with Crippen LogP contribution in [-0.4, -0.2) is 44.1 Å². The second-order valence-electron chi connectivity index (χ2n) is 6.71. The van der Waals surface area contributed by atoms with Gasteiger partial charge in [0, 0.05) is 36.9 Å². The lowest BCUT2D eigenvalue weighted by Crippen LogP contribution is -2.26. The Bertz CT molecular complexity index is 1150. The number of hydrogen-bond acceptors (Lipinski definition) is 4. The van der Waals surface area contributed by atoms with Crippen LogP contribution in [0.25, 0.3) is 28.0 Å². The lowest BCUT2D eigenvalue weighted by molar-refractivity contribution is 0.0804. The molecule has 0 aliphatic carbocycles. The zero-order chi connectivity index (χ0) is 19.7. The molecule has 0 atom stereocenters. The predicted octanol–water partition coefficient (Wildman–Crippen LogP) is 3.88. The van der Waals surface area contributed by atoms with Crippen LogP contribution in [0.5, 0.6) is 0 Å². The molecule has 6 nitrogen and oxygen atoms in total. The van der Waals surface area contributed by atoms with Gasteiger partial charge in [0.05, 0.1) is 23.0 Å². The summed E-state index contributed by atoms with van der Waals surface area (Å²) in [6, 6.07) is 13.4. The van der Waals surface area contributed by atoms with Crippen molar-refractivity contribution < 1.29 is 4.79 Å². The molecule has 0 saturated carbocycles. The van der Waals surface area contributed by atoms with E-state index in [1.807, 2.05) is 69.6 Å². The second kappa shape index (κ2) is 7.23. The number of amides is 1. The molecule has 0 radical (unpaired) electrons. The van der Waals surface area contributed by atoms with E-state index in [-0.39, 0.29) is 5.91 Å². The van der Waals surface area contributed by atoms with Gasteiger partial charge in [-0.05, 0) is 37.6 Å². The van der Waals surface area contributed by atoms with Crippen molar-refractivity contribution in [2.45, 2.75) is 13.8 Å². The molecule has 4 aromatic rings. The number of aromatic nitrogens is 4. The first kappa shape index (κ1) is 17.9. The largest absolute Gasteiger partial charge is 0.342 e. The van der Waals surface area contributed by atoms with Crippen LogP contribution in [-0.2, 0) is 0 Å². The molecule has 1 aromatic carbocycles. The fourth-order valence-electron chi connectivity index (χ4n) is 3.14. The number of pyridine rings is 2. The fourth-order valence-corrected chi connectivity index (χ4v) is 3.14. The number of aryl methyl sites for hydroxylation is 1. The molecule has 0 aliphatic rings. The molecule has 6 heteroatoms. The summed E-state index contributed by atoms with van der Waals surface area (Å²) in [5.74, 6) is 0.714. The Hall–Kier alpha value is -3.54. The highest BCUT2D eigenvalue weighted by Gasteiger charge is 2.18. The number of para-hydroxylation sites is 1. The highest BCUT2D eigenvalue weighted by atomic mass is 16.2. The van der Waals surface area contributed by atoms with Crippen LogP contribution in [0.15, 0.2) is 61.1 Å². The zero-order valence-corrected chi connectivity index (χ0v) is 16.1. The molecule has 0 aliphatic heterocycles. The number of carbonyl (C=O) groups is 1. The Balaban J connectivity index is 1.87. The van der Waals surface area contributed by atoms with Crippen LogP contribution in [0.2, 0.25) is 0 Å². The molecule has 3 heterocycles. The monoisotopic (exact) mass is 371 g/mol. The first-order valence-corrected chi connectivity index (χ1v) is 9.20. The topological polar surface area (TPSA) is 63.9 Å². The highest BCUT2D eigenvalue weighted by molar-refractivity contribution is 6.07. The summed E-state index contributed by atoms with van der Waals surface area (Å²) in [5.41, 5.74) is 4.07. The van der Waals surface area contributed by atoms with Gasteiger partial charge in [0.15, 0.2) is 5.82 Å². The number of fused-ring (bicyclic) bond motifs is 1. The lowest BCUT2D eigenvalue weighted by Gasteiger charge is -2.17. The van der Waals surface area contributed by atoms with Crippen molar-refractivity contribution in [1.29, 1.82) is 0 Å². The molecule has 28 heavy (non-hydrogen) atoms. The Morgan fingerprint density at radius 2 is 2.04 bits per heavy atom. The highest BCUT2D eigenvalue weighted by Crippen LogP contribution is 2.27. The van der Waals surface area contributed by atoms with Crippen molar-refractivity contribution in [3.63, 3.8) is 0 Å². The van der Waals surface area contributed by atoms with E-state index in [1.54, 1.807) is 22.0 Å². The van der Waals surface area contributed by atoms with E-state index in [9.17, 15) is 4.79 Å². The first-order chi connectivity index (χ1) is 13.6. The SMILES string of the molecule is CCN(C)C(=O)c1cc(-c2cnn(-c3ccccn3)c2)nc2c(C)cccc12. The van der Waals surface area contributed by atoms with Gasteiger partial charge in [0.1, 0.15) is 0 Å². The maximum Gasteiger partial charge on any atom is 0.254 e. The molecule has 0 N–H and O–H groups in total. The molecule has 140 valence electrons. The van der Waals surface area contributed by atoms with E-state index in [0.717, 1.165) is 33.5 Å². The Morgan fingerprint density at radius 1 is 1.18 bits per heavy atom. The Labute approximate surface area is 163 Å². The maximum atomic E-state index is 13.0. The molecule has 0 unspecified atom stereocenters. The molecule has 3 aromatic heterocycles. The van der Waals surface area contributed by atoms with Crippen molar-refractivity contribution in [2.24, 2.45) is 0 Å². The molecular formula is C22H21N5O. The Kier molecular flexibility index (Phi) is 4.61. The van der Waals surface area contributed by atoms with Crippen LogP contribution in [0.1, 0.15) is 22.8 Å². The third-order valence-corrected chi connectivity index (χ3v) is 4.86.